The standard InChI is InChI=1S/C16H27N3O2S.HI/c1-5-13-7-8-14(22-13)11-19-16(17-6-2)18-10-9-15(20)21-12(3)4;/h7-8,12H,5-6,9-11H2,1-4H3,(H2,17,18,19);1H. The lowest BCUT2D eigenvalue weighted by Gasteiger charge is -2.11. The van der Waals surface area contributed by atoms with E-state index in [4.69, 9.17) is 4.74 Å². The largest absolute Gasteiger partial charge is 0.463 e. The van der Waals surface area contributed by atoms with Gasteiger partial charge in [-0.05, 0) is 39.3 Å². The lowest BCUT2D eigenvalue weighted by molar-refractivity contribution is -0.147. The van der Waals surface area contributed by atoms with Gasteiger partial charge in [0.1, 0.15) is 0 Å². The molecule has 1 aromatic rings. The van der Waals surface area contributed by atoms with Gasteiger partial charge in [-0.1, -0.05) is 6.92 Å². The zero-order valence-corrected chi connectivity index (χ0v) is 17.5. The number of carbonyl (C=O) groups excluding carboxylic acids is 1. The second-order valence-electron chi connectivity index (χ2n) is 5.13. The molecule has 0 saturated carbocycles. The third-order valence-electron chi connectivity index (χ3n) is 2.79. The first-order chi connectivity index (χ1) is 10.5. The Hall–Kier alpha value is -0.830. The molecule has 0 unspecified atom stereocenters. The summed E-state index contributed by atoms with van der Waals surface area (Å²) in [5, 5.41) is 6.34. The second kappa shape index (κ2) is 12.6. The lowest BCUT2D eigenvalue weighted by atomic mass is 10.4. The van der Waals surface area contributed by atoms with Gasteiger partial charge in [-0.15, -0.1) is 35.3 Å². The fraction of sp³-hybridized carbons (Fsp3) is 0.625. The van der Waals surface area contributed by atoms with E-state index in [1.54, 1.807) is 11.3 Å². The van der Waals surface area contributed by atoms with Crippen molar-refractivity contribution in [1.82, 2.24) is 10.6 Å². The number of esters is 1. The minimum absolute atomic E-state index is 0. The van der Waals surface area contributed by atoms with Crippen LogP contribution in [0.3, 0.4) is 0 Å². The molecule has 0 aliphatic heterocycles. The normalized spacial score (nSPS) is 11.1. The fourth-order valence-electron chi connectivity index (χ4n) is 1.80. The van der Waals surface area contributed by atoms with Crippen molar-refractivity contribution in [3.05, 3.63) is 21.9 Å². The number of guanidine groups is 1. The molecule has 0 saturated heterocycles. The molecule has 0 bridgehead atoms. The van der Waals surface area contributed by atoms with E-state index in [-0.39, 0.29) is 36.0 Å². The van der Waals surface area contributed by atoms with Crippen LogP contribution in [-0.4, -0.2) is 31.1 Å². The topological polar surface area (TPSA) is 62.7 Å². The molecule has 0 fully saturated rings. The number of rotatable bonds is 8. The Kier molecular flexibility index (Phi) is 12.1. The molecule has 0 aliphatic rings. The zero-order chi connectivity index (χ0) is 16.4. The van der Waals surface area contributed by atoms with Crippen molar-refractivity contribution >= 4 is 47.2 Å². The maximum atomic E-state index is 11.5. The van der Waals surface area contributed by atoms with Crippen LogP contribution in [-0.2, 0) is 22.5 Å². The summed E-state index contributed by atoms with van der Waals surface area (Å²) in [6.45, 7) is 9.82. The summed E-state index contributed by atoms with van der Waals surface area (Å²) < 4.78 is 5.10. The van der Waals surface area contributed by atoms with Gasteiger partial charge < -0.3 is 15.4 Å². The van der Waals surface area contributed by atoms with Gasteiger partial charge in [0, 0.05) is 22.8 Å². The molecule has 0 aromatic carbocycles. The maximum Gasteiger partial charge on any atom is 0.307 e. The van der Waals surface area contributed by atoms with Crippen LogP contribution in [0.4, 0.5) is 0 Å². The molecule has 0 atom stereocenters. The number of carbonyl (C=O) groups is 1. The number of nitrogens with zero attached hydrogens (tertiary/aromatic N) is 1. The molecule has 1 rings (SSSR count). The third-order valence-corrected chi connectivity index (χ3v) is 4.01. The first kappa shape index (κ1) is 22.2. The SMILES string of the molecule is CCNC(=NCc1ccc(CC)s1)NCCC(=O)OC(C)C.I. The van der Waals surface area contributed by atoms with Crippen LogP contribution in [0.25, 0.3) is 0 Å². The molecule has 132 valence electrons. The van der Waals surface area contributed by atoms with Gasteiger partial charge in [-0.25, -0.2) is 4.99 Å². The number of nitrogens with one attached hydrogen (secondary N) is 2. The molecule has 0 spiro atoms. The Bertz CT molecular complexity index is 489. The van der Waals surface area contributed by atoms with Crippen molar-refractivity contribution in [2.45, 2.75) is 53.2 Å². The molecular weight excluding hydrogens is 425 g/mol. The Labute approximate surface area is 160 Å². The monoisotopic (exact) mass is 453 g/mol. The summed E-state index contributed by atoms with van der Waals surface area (Å²) in [4.78, 5) is 18.6. The summed E-state index contributed by atoms with van der Waals surface area (Å²) in [5.41, 5.74) is 0. The minimum atomic E-state index is -0.191. The number of hydrogen-bond acceptors (Lipinski definition) is 4. The summed E-state index contributed by atoms with van der Waals surface area (Å²) in [5.74, 6) is 0.537. The number of hydrogen-bond donors (Lipinski definition) is 2. The predicted octanol–water partition coefficient (Wildman–Crippen LogP) is 3.33. The van der Waals surface area contributed by atoms with Crippen molar-refractivity contribution in [3.63, 3.8) is 0 Å². The first-order valence-corrected chi connectivity index (χ1v) is 8.66. The van der Waals surface area contributed by atoms with Crippen LogP contribution in [0.5, 0.6) is 0 Å². The molecule has 7 heteroatoms. The number of aryl methyl sites for hydroxylation is 1. The number of thiophene rings is 1. The summed E-state index contributed by atoms with van der Waals surface area (Å²) in [6, 6.07) is 4.27. The van der Waals surface area contributed by atoms with Gasteiger partial charge >= 0.3 is 5.97 Å². The van der Waals surface area contributed by atoms with E-state index in [0.717, 1.165) is 18.9 Å². The molecule has 0 radical (unpaired) electrons. The van der Waals surface area contributed by atoms with E-state index in [9.17, 15) is 4.79 Å². The highest BCUT2D eigenvalue weighted by Gasteiger charge is 2.06. The van der Waals surface area contributed by atoms with Crippen molar-refractivity contribution in [2.75, 3.05) is 13.1 Å². The second-order valence-corrected chi connectivity index (χ2v) is 6.39. The lowest BCUT2D eigenvalue weighted by Crippen LogP contribution is -2.38. The Balaban J connectivity index is 0.00000484. The average molecular weight is 453 g/mol. The van der Waals surface area contributed by atoms with Gasteiger partial charge in [0.25, 0.3) is 0 Å². The van der Waals surface area contributed by atoms with Gasteiger partial charge in [0.05, 0.1) is 19.1 Å². The van der Waals surface area contributed by atoms with E-state index in [2.05, 4.69) is 34.7 Å². The first-order valence-electron chi connectivity index (χ1n) is 7.84. The fourth-order valence-corrected chi connectivity index (χ4v) is 2.68. The Morgan fingerprint density at radius 1 is 1.26 bits per heavy atom. The van der Waals surface area contributed by atoms with Crippen molar-refractivity contribution in [2.24, 2.45) is 4.99 Å². The van der Waals surface area contributed by atoms with Crippen LogP contribution in [0.15, 0.2) is 17.1 Å². The molecular formula is C16H28IN3O2S. The van der Waals surface area contributed by atoms with Crippen LogP contribution < -0.4 is 10.6 Å². The van der Waals surface area contributed by atoms with E-state index >= 15 is 0 Å². The predicted molar refractivity (Wildman–Crippen MR) is 108 cm³/mol. The Morgan fingerprint density at radius 2 is 1.96 bits per heavy atom. The number of ether oxygens (including phenoxy) is 1. The van der Waals surface area contributed by atoms with Crippen LogP contribution in [0, 0.1) is 0 Å². The highest BCUT2D eigenvalue weighted by atomic mass is 127. The Morgan fingerprint density at radius 3 is 2.52 bits per heavy atom. The van der Waals surface area contributed by atoms with E-state index in [1.165, 1.54) is 9.75 Å². The van der Waals surface area contributed by atoms with Crippen molar-refractivity contribution in [3.8, 4) is 0 Å². The van der Waals surface area contributed by atoms with E-state index in [1.807, 2.05) is 20.8 Å². The molecule has 2 N–H and O–H groups in total. The quantitative estimate of drug-likeness (QED) is 0.274. The summed E-state index contributed by atoms with van der Waals surface area (Å²) >= 11 is 1.79. The average Bonchev–Trinajstić information content (AvgIpc) is 2.92. The van der Waals surface area contributed by atoms with Crippen molar-refractivity contribution in [1.29, 1.82) is 0 Å². The molecule has 0 amide bonds. The summed E-state index contributed by atoms with van der Waals surface area (Å²) in [6.07, 6.45) is 1.33. The molecule has 1 heterocycles. The number of aliphatic imine (C=N–C) groups is 1. The summed E-state index contributed by atoms with van der Waals surface area (Å²) in [7, 11) is 0. The molecule has 1 aromatic heterocycles. The van der Waals surface area contributed by atoms with Gasteiger partial charge in [-0.3, -0.25) is 4.79 Å². The maximum absolute atomic E-state index is 11.5. The van der Waals surface area contributed by atoms with Crippen molar-refractivity contribution < 1.29 is 9.53 Å². The molecule has 0 aliphatic carbocycles. The smallest absolute Gasteiger partial charge is 0.307 e. The minimum Gasteiger partial charge on any atom is -0.463 e. The molecule has 23 heavy (non-hydrogen) atoms. The third kappa shape index (κ3) is 9.80. The van der Waals surface area contributed by atoms with E-state index < -0.39 is 0 Å². The van der Waals surface area contributed by atoms with Crippen LogP contribution >= 0.6 is 35.3 Å². The van der Waals surface area contributed by atoms with Crippen LogP contribution in [0.1, 0.15) is 43.9 Å². The highest BCUT2D eigenvalue weighted by molar-refractivity contribution is 14.0. The number of halogens is 1. The highest BCUT2D eigenvalue weighted by Crippen LogP contribution is 2.17. The molecule has 5 nitrogen and oxygen atoms in total. The van der Waals surface area contributed by atoms with Gasteiger partial charge in [0.2, 0.25) is 0 Å². The zero-order valence-electron chi connectivity index (χ0n) is 14.3. The van der Waals surface area contributed by atoms with E-state index in [0.29, 0.717) is 19.5 Å². The van der Waals surface area contributed by atoms with Gasteiger partial charge in [-0.2, -0.15) is 0 Å². The van der Waals surface area contributed by atoms with Crippen LogP contribution in [0.2, 0.25) is 0 Å². The van der Waals surface area contributed by atoms with Gasteiger partial charge in [0.15, 0.2) is 5.96 Å².